The minimum absolute atomic E-state index is 0.108. The van der Waals surface area contributed by atoms with Crippen molar-refractivity contribution >= 4 is 47.7 Å². The lowest BCUT2D eigenvalue weighted by Gasteiger charge is -2.17. The fraction of sp³-hybridized carbons (Fsp3) is 0.190. The Labute approximate surface area is 183 Å². The third-order valence-electron chi connectivity index (χ3n) is 5.40. The molecule has 1 fully saturated rings. The Kier molecular flexibility index (Phi) is 4.49. The van der Waals surface area contributed by atoms with E-state index in [0.717, 1.165) is 16.0 Å². The number of likely N-dealkylation sites (tertiary alicyclic amines) is 1. The van der Waals surface area contributed by atoms with Crippen LogP contribution in [0.3, 0.4) is 0 Å². The van der Waals surface area contributed by atoms with Gasteiger partial charge in [-0.25, -0.2) is 19.9 Å². The van der Waals surface area contributed by atoms with E-state index in [-0.39, 0.29) is 17.4 Å². The first-order valence-corrected chi connectivity index (χ1v) is 10.4. The van der Waals surface area contributed by atoms with Crippen molar-refractivity contribution in [2.24, 2.45) is 0 Å². The Bertz CT molecular complexity index is 1340. The number of carbonyl (C=O) groups is 1. The summed E-state index contributed by atoms with van der Waals surface area (Å²) in [5.74, 6) is -0.0880. The summed E-state index contributed by atoms with van der Waals surface area (Å²) in [7, 11) is 7.34. The fourth-order valence-corrected chi connectivity index (χ4v) is 4.72. The predicted molar refractivity (Wildman–Crippen MR) is 120 cm³/mol. The molecule has 0 spiro atoms. The number of nitrogens with two attached hydrogens (primary N) is 1. The van der Waals surface area contributed by atoms with Crippen LogP contribution in [0.25, 0.3) is 32.7 Å². The van der Waals surface area contributed by atoms with E-state index >= 15 is 0 Å². The molecule has 1 aliphatic rings. The molecule has 0 bridgehead atoms. The van der Waals surface area contributed by atoms with Gasteiger partial charge in [0.1, 0.15) is 10.5 Å². The van der Waals surface area contributed by atoms with E-state index in [2.05, 4.69) is 19.9 Å². The Morgan fingerprint density at radius 3 is 2.77 bits per heavy atom. The molecule has 152 valence electrons. The first-order chi connectivity index (χ1) is 14.8. The van der Waals surface area contributed by atoms with E-state index in [0.29, 0.717) is 34.7 Å². The highest BCUT2D eigenvalue weighted by atomic mass is 32.1. The van der Waals surface area contributed by atoms with Crippen LogP contribution < -0.4 is 11.5 Å². The first kappa shape index (κ1) is 19.6. The zero-order valence-corrected chi connectivity index (χ0v) is 17.4. The molecule has 1 aliphatic heterocycles. The summed E-state index contributed by atoms with van der Waals surface area (Å²) in [4.78, 5) is 31.9. The van der Waals surface area contributed by atoms with E-state index < -0.39 is 5.60 Å². The van der Waals surface area contributed by atoms with Crippen LogP contribution in [0.5, 0.6) is 0 Å². The molecule has 1 aromatic carbocycles. The summed E-state index contributed by atoms with van der Waals surface area (Å²) in [5, 5.41) is 11.3. The van der Waals surface area contributed by atoms with Crippen LogP contribution in [0.1, 0.15) is 11.4 Å². The number of pyridine rings is 1. The number of aliphatic hydroxyl groups is 1. The number of fused-ring (bicyclic) bond motifs is 1. The maximum Gasteiger partial charge on any atom is 0.261 e. The molecule has 1 saturated heterocycles. The highest BCUT2D eigenvalue weighted by molar-refractivity contribution is 7.15. The monoisotopic (exact) mass is 428 g/mol. The quantitative estimate of drug-likeness (QED) is 0.472. The predicted octanol–water partition coefficient (Wildman–Crippen LogP) is 1.24. The minimum Gasteiger partial charge on any atom is -0.382 e. The molecule has 4 heterocycles. The third kappa shape index (κ3) is 3.24. The van der Waals surface area contributed by atoms with Gasteiger partial charge in [0.05, 0.1) is 21.8 Å². The lowest BCUT2D eigenvalue weighted by atomic mass is 10.0. The maximum atomic E-state index is 12.4. The number of anilines is 1. The van der Waals surface area contributed by atoms with E-state index in [1.807, 2.05) is 30.3 Å². The fourth-order valence-electron chi connectivity index (χ4n) is 3.70. The van der Waals surface area contributed by atoms with Gasteiger partial charge < -0.3 is 15.7 Å². The van der Waals surface area contributed by atoms with Crippen LogP contribution in [0.15, 0.2) is 42.6 Å². The van der Waals surface area contributed by atoms with Crippen LogP contribution in [0, 0.1) is 0 Å². The molecule has 5 rings (SSSR count). The van der Waals surface area contributed by atoms with Crippen molar-refractivity contribution in [3.8, 4) is 21.7 Å². The molecular weight excluding hydrogens is 411 g/mol. The number of amides is 1. The Morgan fingerprint density at radius 1 is 1.19 bits per heavy atom. The van der Waals surface area contributed by atoms with Crippen molar-refractivity contribution in [1.29, 1.82) is 0 Å². The average molecular weight is 428 g/mol. The van der Waals surface area contributed by atoms with Gasteiger partial charge in [0.2, 0.25) is 0 Å². The number of hydrogen-bond acceptors (Lipinski definition) is 8. The van der Waals surface area contributed by atoms with Crippen LogP contribution in [-0.2, 0) is 10.4 Å². The second-order valence-corrected chi connectivity index (χ2v) is 8.51. The number of aromatic nitrogens is 4. The summed E-state index contributed by atoms with van der Waals surface area (Å²) in [6.45, 7) is 0.506. The van der Waals surface area contributed by atoms with Crippen molar-refractivity contribution in [3.05, 3.63) is 47.6 Å². The highest BCUT2D eigenvalue weighted by Gasteiger charge is 2.47. The first-order valence-electron chi connectivity index (χ1n) is 9.60. The zero-order chi connectivity index (χ0) is 21.8. The van der Waals surface area contributed by atoms with E-state index in [4.69, 9.17) is 13.6 Å². The van der Waals surface area contributed by atoms with Gasteiger partial charge in [-0.2, -0.15) is 0 Å². The van der Waals surface area contributed by atoms with E-state index in [1.165, 1.54) is 16.2 Å². The topological polar surface area (TPSA) is 118 Å². The number of carbonyl (C=O) groups excluding carboxylic acids is 1. The molecule has 10 heteroatoms. The molecule has 1 atom stereocenters. The molecule has 8 nitrogen and oxygen atoms in total. The van der Waals surface area contributed by atoms with E-state index in [1.54, 1.807) is 19.3 Å². The summed E-state index contributed by atoms with van der Waals surface area (Å²) >= 11 is 1.32. The van der Waals surface area contributed by atoms with Gasteiger partial charge in [-0.05, 0) is 23.8 Å². The molecule has 2 radical (unpaired) electrons. The smallest absolute Gasteiger partial charge is 0.261 e. The molecule has 0 saturated carbocycles. The van der Waals surface area contributed by atoms with Crippen molar-refractivity contribution < 1.29 is 9.90 Å². The van der Waals surface area contributed by atoms with Crippen molar-refractivity contribution in [2.75, 3.05) is 19.3 Å². The number of rotatable bonds is 3. The molecule has 31 heavy (non-hydrogen) atoms. The summed E-state index contributed by atoms with van der Waals surface area (Å²) < 4.78 is 0. The number of hydrogen-bond donors (Lipinski definition) is 2. The van der Waals surface area contributed by atoms with Gasteiger partial charge in [0, 0.05) is 31.8 Å². The molecule has 1 unspecified atom stereocenters. The minimum atomic E-state index is -1.55. The maximum absolute atomic E-state index is 12.4. The number of benzene rings is 1. The lowest BCUT2D eigenvalue weighted by Crippen LogP contribution is -2.35. The SMILES string of the molecule is [B]c1nc(N)c2nc(-c3cccc(-c4cnc(C5(O)CCN(C)C5=O)s4)c3)ccc2n1. The van der Waals surface area contributed by atoms with Crippen molar-refractivity contribution in [1.82, 2.24) is 24.8 Å². The Balaban J connectivity index is 1.51. The molecule has 4 aromatic rings. The van der Waals surface area contributed by atoms with E-state index in [9.17, 15) is 9.90 Å². The molecule has 3 N–H and O–H groups in total. The highest BCUT2D eigenvalue weighted by Crippen LogP contribution is 2.38. The molecular formula is C21H17BN6O2S. The van der Waals surface area contributed by atoms with Crippen molar-refractivity contribution in [3.63, 3.8) is 0 Å². The molecule has 3 aromatic heterocycles. The van der Waals surface area contributed by atoms with Crippen molar-refractivity contribution in [2.45, 2.75) is 12.0 Å². The Morgan fingerprint density at radius 2 is 2.00 bits per heavy atom. The second-order valence-electron chi connectivity index (χ2n) is 7.48. The second kappa shape index (κ2) is 7.10. The average Bonchev–Trinajstić information content (AvgIpc) is 3.36. The molecule has 1 amide bonds. The van der Waals surface area contributed by atoms with Gasteiger partial charge in [-0.1, -0.05) is 18.2 Å². The largest absolute Gasteiger partial charge is 0.382 e. The van der Waals surface area contributed by atoms with Crippen LogP contribution >= 0.6 is 11.3 Å². The number of nitrogens with zero attached hydrogens (tertiary/aromatic N) is 5. The summed E-state index contributed by atoms with van der Waals surface area (Å²) in [6.07, 6.45) is 2.02. The number of likely N-dealkylation sites (N-methyl/N-ethyl adjacent to an activating group) is 1. The van der Waals surface area contributed by atoms with Crippen LogP contribution in [0.2, 0.25) is 0 Å². The van der Waals surface area contributed by atoms with Gasteiger partial charge in [-0.15, -0.1) is 11.3 Å². The lowest BCUT2D eigenvalue weighted by molar-refractivity contribution is -0.143. The van der Waals surface area contributed by atoms with Gasteiger partial charge in [0.25, 0.3) is 5.91 Å². The molecule has 0 aliphatic carbocycles. The normalized spacial score (nSPS) is 18.8. The van der Waals surface area contributed by atoms with Gasteiger partial charge >= 0.3 is 0 Å². The van der Waals surface area contributed by atoms with Gasteiger partial charge in [0.15, 0.2) is 19.3 Å². The Hall–Kier alpha value is -3.37. The van der Waals surface area contributed by atoms with Crippen LogP contribution in [0.4, 0.5) is 5.82 Å². The van der Waals surface area contributed by atoms with Gasteiger partial charge in [-0.3, -0.25) is 4.79 Å². The third-order valence-corrected chi connectivity index (χ3v) is 6.60. The summed E-state index contributed by atoms with van der Waals surface area (Å²) in [5.41, 5.74) is 8.09. The van der Waals surface area contributed by atoms with Crippen LogP contribution in [-0.4, -0.2) is 57.3 Å². The summed E-state index contributed by atoms with van der Waals surface area (Å²) in [6, 6.07) is 11.4. The standard InChI is InChI=1S/C21H17BN6O2S/c1-28-8-7-21(30,19(28)29)18-24-10-15(31-18)12-4-2-3-11(9-12)13-5-6-14-16(25-13)17(23)27-20(22)26-14/h2-6,9-10,30H,7-8H2,1H3,(H2,23,26,27). The number of thiazole rings is 1. The zero-order valence-electron chi connectivity index (χ0n) is 16.6. The number of nitrogen functional groups attached to an aromatic ring is 1.